The van der Waals surface area contributed by atoms with Crippen molar-refractivity contribution in [2.75, 3.05) is 7.11 Å². The third-order valence-corrected chi connectivity index (χ3v) is 4.04. The van der Waals surface area contributed by atoms with Crippen LogP contribution in [0.25, 0.3) is 0 Å². The molecule has 1 aliphatic rings. The maximum Gasteiger partial charge on any atom is 0.347 e. The van der Waals surface area contributed by atoms with E-state index in [1.54, 1.807) is 0 Å². The molecule has 1 heterocycles. The van der Waals surface area contributed by atoms with Gasteiger partial charge in [-0.25, -0.2) is 4.79 Å². The molecule has 0 bridgehead atoms. The number of carbonyl (C=O) groups is 2. The Bertz CT molecular complexity index is 628. The highest BCUT2D eigenvalue weighted by Crippen LogP contribution is 2.37. The zero-order valence-electron chi connectivity index (χ0n) is 12.9. The zero-order chi connectivity index (χ0) is 15.7. The van der Waals surface area contributed by atoms with E-state index < -0.39 is 12.1 Å². The number of esters is 1. The first kappa shape index (κ1) is 15.3. The minimum absolute atomic E-state index is 0.0394. The van der Waals surface area contributed by atoms with Crippen molar-refractivity contribution in [1.82, 2.24) is 0 Å². The molecule has 4 heteroatoms. The van der Waals surface area contributed by atoms with Crippen LogP contribution in [-0.2, 0) is 16.0 Å². The molecule has 0 aliphatic carbocycles. The van der Waals surface area contributed by atoms with Crippen LogP contribution in [-0.4, -0.2) is 25.0 Å². The average Bonchev–Trinajstić information content (AvgIpc) is 2.92. The average molecular weight is 288 g/mol. The number of ketones is 1. The summed E-state index contributed by atoms with van der Waals surface area (Å²) in [5.74, 6) is 0.262. The Morgan fingerprint density at radius 3 is 2.62 bits per heavy atom. The predicted molar refractivity (Wildman–Crippen MR) is 79.8 cm³/mol. The maximum absolute atomic E-state index is 12.4. The predicted octanol–water partition coefficient (Wildman–Crippen LogP) is 2.93. The lowest BCUT2D eigenvalue weighted by Gasteiger charge is -2.13. The summed E-state index contributed by atoms with van der Waals surface area (Å²) in [7, 11) is 1.34. The summed E-state index contributed by atoms with van der Waals surface area (Å²) in [4.78, 5) is 24.0. The second kappa shape index (κ2) is 5.72. The number of methoxy groups -OCH3 is 1. The van der Waals surface area contributed by atoms with Gasteiger partial charge in [0, 0.05) is 12.0 Å². The van der Waals surface area contributed by atoms with Crippen molar-refractivity contribution in [3.05, 3.63) is 40.5 Å². The van der Waals surface area contributed by atoms with Gasteiger partial charge in [0.05, 0.1) is 7.11 Å². The van der Waals surface area contributed by atoms with E-state index in [-0.39, 0.29) is 5.78 Å². The molecule has 112 valence electrons. The number of ether oxygens (including phenoxy) is 2. The molecule has 0 saturated heterocycles. The lowest BCUT2D eigenvalue weighted by Crippen LogP contribution is -2.26. The molecule has 1 aromatic carbocycles. The lowest BCUT2D eigenvalue weighted by molar-refractivity contribution is -0.147. The number of allylic oxidation sites excluding steroid dienone is 1. The van der Waals surface area contributed by atoms with E-state index in [1.807, 2.05) is 26.8 Å². The van der Waals surface area contributed by atoms with E-state index in [9.17, 15) is 9.59 Å². The fourth-order valence-corrected chi connectivity index (χ4v) is 2.51. The molecule has 2 rings (SSSR count). The minimum atomic E-state index is -0.622. The van der Waals surface area contributed by atoms with Gasteiger partial charge in [-0.15, -0.1) is 0 Å². The molecule has 1 unspecified atom stereocenters. The van der Waals surface area contributed by atoms with Crippen molar-refractivity contribution in [2.45, 2.75) is 39.7 Å². The summed E-state index contributed by atoms with van der Waals surface area (Å²) in [6, 6.07) is 1.82. The van der Waals surface area contributed by atoms with Gasteiger partial charge in [-0.2, -0.15) is 0 Å². The third kappa shape index (κ3) is 2.58. The first-order chi connectivity index (χ1) is 9.90. The molecule has 4 nitrogen and oxygen atoms in total. The van der Waals surface area contributed by atoms with Gasteiger partial charge in [0.2, 0.25) is 0 Å². The molecule has 0 N–H and O–H groups in total. The largest absolute Gasteiger partial charge is 0.478 e. The van der Waals surface area contributed by atoms with E-state index in [0.717, 1.165) is 16.7 Å². The van der Waals surface area contributed by atoms with Gasteiger partial charge < -0.3 is 9.47 Å². The fraction of sp³-hybridized carbons (Fsp3) is 0.412. The third-order valence-electron chi connectivity index (χ3n) is 4.04. The van der Waals surface area contributed by atoms with Gasteiger partial charge in [0.15, 0.2) is 11.9 Å². The second-order valence-corrected chi connectivity index (χ2v) is 5.28. The van der Waals surface area contributed by atoms with Crippen LogP contribution < -0.4 is 4.74 Å². The molecule has 0 aromatic heterocycles. The van der Waals surface area contributed by atoms with Crippen LogP contribution in [0.1, 0.15) is 40.4 Å². The summed E-state index contributed by atoms with van der Waals surface area (Å²) in [5, 5.41) is 0. The van der Waals surface area contributed by atoms with Crippen LogP contribution in [0, 0.1) is 13.8 Å². The van der Waals surface area contributed by atoms with Crippen molar-refractivity contribution in [1.29, 1.82) is 0 Å². The monoisotopic (exact) mass is 288 g/mol. The molecule has 0 fully saturated rings. The molecule has 0 amide bonds. The first-order valence-electron chi connectivity index (χ1n) is 7.00. The lowest BCUT2D eigenvalue weighted by atomic mass is 9.92. The second-order valence-electron chi connectivity index (χ2n) is 5.28. The number of rotatable bonds is 4. The van der Waals surface area contributed by atoms with Crippen molar-refractivity contribution in [3.63, 3.8) is 0 Å². The van der Waals surface area contributed by atoms with Gasteiger partial charge in [-0.3, -0.25) is 4.79 Å². The number of hydrogen-bond donors (Lipinski definition) is 0. The Morgan fingerprint density at radius 1 is 1.38 bits per heavy atom. The van der Waals surface area contributed by atoms with E-state index in [2.05, 4.69) is 6.58 Å². The molecule has 21 heavy (non-hydrogen) atoms. The smallest absolute Gasteiger partial charge is 0.347 e. The summed E-state index contributed by atoms with van der Waals surface area (Å²) >= 11 is 0. The van der Waals surface area contributed by atoms with Crippen molar-refractivity contribution >= 4 is 11.8 Å². The molecule has 0 radical (unpaired) electrons. The first-order valence-corrected chi connectivity index (χ1v) is 7.00. The number of fused-ring (bicyclic) bond motifs is 1. The van der Waals surface area contributed by atoms with Gasteiger partial charge in [-0.05, 0) is 48.6 Å². The van der Waals surface area contributed by atoms with Crippen LogP contribution in [0.15, 0.2) is 18.2 Å². The van der Waals surface area contributed by atoms with Crippen molar-refractivity contribution in [2.24, 2.45) is 0 Å². The van der Waals surface area contributed by atoms with Gasteiger partial charge in [0.25, 0.3) is 0 Å². The SMILES string of the molecule is C=C(CC)C(=O)c1cc2c(c(C)c1C)OC(C(=O)OC)C2. The minimum Gasteiger partial charge on any atom is -0.478 e. The van der Waals surface area contributed by atoms with Gasteiger partial charge in [-0.1, -0.05) is 13.5 Å². The summed E-state index contributed by atoms with van der Waals surface area (Å²) in [5.41, 5.74) is 3.87. The summed E-state index contributed by atoms with van der Waals surface area (Å²) < 4.78 is 10.4. The number of carbonyl (C=O) groups excluding carboxylic acids is 2. The highest BCUT2D eigenvalue weighted by Gasteiger charge is 2.33. The van der Waals surface area contributed by atoms with E-state index >= 15 is 0 Å². The normalized spacial score (nSPS) is 16.1. The zero-order valence-corrected chi connectivity index (χ0v) is 12.9. The van der Waals surface area contributed by atoms with Gasteiger partial charge >= 0.3 is 5.97 Å². The molecular formula is C17H20O4. The Hall–Kier alpha value is -2.10. The molecule has 1 atom stereocenters. The van der Waals surface area contributed by atoms with E-state index in [0.29, 0.717) is 29.7 Å². The molecular weight excluding hydrogens is 268 g/mol. The standard InChI is InChI=1S/C17H20O4/c1-6-9(2)15(18)13-7-12-8-14(17(19)20-5)21-16(12)11(4)10(13)3/h7,14H,2,6,8H2,1,3-5H3. The summed E-state index contributed by atoms with van der Waals surface area (Å²) in [6.07, 6.45) is 0.431. The van der Waals surface area contributed by atoms with E-state index in [1.165, 1.54) is 7.11 Å². The molecule has 1 aromatic rings. The Kier molecular flexibility index (Phi) is 4.16. The van der Waals surface area contributed by atoms with Crippen LogP contribution in [0.3, 0.4) is 0 Å². The van der Waals surface area contributed by atoms with Crippen LogP contribution in [0.2, 0.25) is 0 Å². The highest BCUT2D eigenvalue weighted by molar-refractivity contribution is 6.09. The highest BCUT2D eigenvalue weighted by atomic mass is 16.6. The van der Waals surface area contributed by atoms with Crippen LogP contribution >= 0.6 is 0 Å². The Balaban J connectivity index is 2.44. The van der Waals surface area contributed by atoms with Gasteiger partial charge in [0.1, 0.15) is 5.75 Å². The fourth-order valence-electron chi connectivity index (χ4n) is 2.51. The van der Waals surface area contributed by atoms with Crippen molar-refractivity contribution < 1.29 is 19.1 Å². The maximum atomic E-state index is 12.4. The Labute approximate surface area is 124 Å². The molecule has 0 spiro atoms. The Morgan fingerprint density at radius 2 is 2.05 bits per heavy atom. The number of Topliss-reactive ketones (excluding diaryl/α,β-unsaturated/α-hetero) is 1. The molecule has 1 aliphatic heterocycles. The van der Waals surface area contributed by atoms with Crippen LogP contribution in [0.5, 0.6) is 5.75 Å². The van der Waals surface area contributed by atoms with E-state index in [4.69, 9.17) is 9.47 Å². The topological polar surface area (TPSA) is 52.6 Å². The van der Waals surface area contributed by atoms with Crippen molar-refractivity contribution in [3.8, 4) is 5.75 Å². The molecule has 0 saturated carbocycles. The summed E-state index contributed by atoms with van der Waals surface area (Å²) in [6.45, 7) is 9.52. The number of benzene rings is 1. The van der Waals surface area contributed by atoms with Crippen LogP contribution in [0.4, 0.5) is 0 Å². The quantitative estimate of drug-likeness (QED) is 0.485. The number of hydrogen-bond acceptors (Lipinski definition) is 4.